The predicted octanol–water partition coefficient (Wildman–Crippen LogP) is 3.39. The van der Waals surface area contributed by atoms with Crippen LogP contribution in [0.25, 0.3) is 21.7 Å². The number of rotatable bonds is 4. The summed E-state index contributed by atoms with van der Waals surface area (Å²) >= 11 is 0. The molecule has 0 aliphatic carbocycles. The minimum Gasteiger partial charge on any atom is -0.351 e. The molecule has 2 heterocycles. The normalized spacial score (nSPS) is 10.9. The van der Waals surface area contributed by atoms with Crippen molar-refractivity contribution in [3.63, 3.8) is 0 Å². The van der Waals surface area contributed by atoms with Gasteiger partial charge in [-0.15, -0.1) is 0 Å². The van der Waals surface area contributed by atoms with Crippen LogP contribution in [0.5, 0.6) is 0 Å². The number of anilines is 1. The number of aryl methyl sites for hydroxylation is 1. The lowest BCUT2D eigenvalue weighted by molar-refractivity contribution is -0.115. The minimum absolute atomic E-state index is 0.141. The van der Waals surface area contributed by atoms with Crippen LogP contribution >= 0.6 is 0 Å². The Bertz CT molecular complexity index is 1130. The molecule has 6 heteroatoms. The number of pyridine rings is 1. The zero-order chi connectivity index (χ0) is 18.8. The number of H-pyrrole nitrogens is 1. The second-order valence-corrected chi connectivity index (χ2v) is 6.39. The van der Waals surface area contributed by atoms with Gasteiger partial charge >= 0.3 is 0 Å². The Balaban J connectivity index is 1.44. The van der Waals surface area contributed by atoms with Crippen LogP contribution in [0, 0.1) is 6.92 Å². The minimum atomic E-state index is -0.332. The van der Waals surface area contributed by atoms with E-state index in [9.17, 15) is 9.59 Å². The fourth-order valence-electron chi connectivity index (χ4n) is 3.01. The summed E-state index contributed by atoms with van der Waals surface area (Å²) in [6.07, 6.45) is 1.65. The average Bonchev–Trinajstić information content (AvgIpc) is 3.11. The molecule has 3 N–H and O–H groups in total. The van der Waals surface area contributed by atoms with Crippen molar-refractivity contribution in [2.75, 3.05) is 11.9 Å². The van der Waals surface area contributed by atoms with Crippen molar-refractivity contribution in [3.8, 4) is 0 Å². The molecule has 4 rings (SSSR count). The summed E-state index contributed by atoms with van der Waals surface area (Å²) in [5.74, 6) is -0.176. The first-order chi connectivity index (χ1) is 13.1. The van der Waals surface area contributed by atoms with Crippen LogP contribution in [-0.2, 0) is 4.79 Å². The fraction of sp³-hybridized carbons (Fsp3) is 0.0952. The summed E-state index contributed by atoms with van der Waals surface area (Å²) in [5, 5.41) is 8.21. The van der Waals surface area contributed by atoms with Crippen molar-refractivity contribution in [1.29, 1.82) is 0 Å². The molecule has 2 aromatic carbocycles. The van der Waals surface area contributed by atoms with Crippen LogP contribution in [0.15, 0.2) is 60.8 Å². The molecule has 0 fully saturated rings. The lowest BCUT2D eigenvalue weighted by Crippen LogP contribution is -2.33. The van der Waals surface area contributed by atoms with Gasteiger partial charge < -0.3 is 15.6 Å². The summed E-state index contributed by atoms with van der Waals surface area (Å²) in [6, 6.07) is 17.2. The number of carbonyl (C=O) groups is 2. The average molecular weight is 358 g/mol. The van der Waals surface area contributed by atoms with Crippen molar-refractivity contribution in [1.82, 2.24) is 15.3 Å². The Morgan fingerprint density at radius 3 is 2.74 bits per heavy atom. The lowest BCUT2D eigenvalue weighted by atomic mass is 10.1. The monoisotopic (exact) mass is 358 g/mol. The highest BCUT2D eigenvalue weighted by atomic mass is 16.2. The summed E-state index contributed by atoms with van der Waals surface area (Å²) < 4.78 is 0. The van der Waals surface area contributed by atoms with E-state index in [4.69, 9.17) is 0 Å². The van der Waals surface area contributed by atoms with Gasteiger partial charge in [-0.1, -0.05) is 35.9 Å². The van der Waals surface area contributed by atoms with Crippen molar-refractivity contribution in [2.24, 2.45) is 0 Å². The number of aromatic amines is 1. The fourth-order valence-corrected chi connectivity index (χ4v) is 3.01. The summed E-state index contributed by atoms with van der Waals surface area (Å²) in [7, 11) is 0. The third kappa shape index (κ3) is 3.50. The van der Waals surface area contributed by atoms with E-state index in [0.29, 0.717) is 11.5 Å². The highest BCUT2D eigenvalue weighted by Gasteiger charge is 2.12. The molecule has 0 radical (unpaired) electrons. The number of hydrogen-bond donors (Lipinski definition) is 3. The first kappa shape index (κ1) is 16.8. The van der Waals surface area contributed by atoms with Crippen molar-refractivity contribution >= 4 is 39.3 Å². The zero-order valence-electron chi connectivity index (χ0n) is 14.7. The molecular weight excluding hydrogens is 340 g/mol. The van der Waals surface area contributed by atoms with Crippen molar-refractivity contribution in [3.05, 3.63) is 72.1 Å². The summed E-state index contributed by atoms with van der Waals surface area (Å²) in [6.45, 7) is 1.84. The molecule has 2 amide bonds. The van der Waals surface area contributed by atoms with Crippen molar-refractivity contribution in [2.45, 2.75) is 6.92 Å². The van der Waals surface area contributed by atoms with Gasteiger partial charge in [0, 0.05) is 22.5 Å². The van der Waals surface area contributed by atoms with Crippen LogP contribution in [0.4, 0.5) is 5.82 Å². The molecule has 134 valence electrons. The summed E-state index contributed by atoms with van der Waals surface area (Å²) in [5.41, 5.74) is 2.38. The smallest absolute Gasteiger partial charge is 0.268 e. The number of benzene rings is 2. The van der Waals surface area contributed by atoms with Gasteiger partial charge in [0.05, 0.1) is 6.54 Å². The third-order valence-corrected chi connectivity index (χ3v) is 4.36. The SMILES string of the molecule is Cc1ccc2ccnc(NC(=O)CNC(=O)c3cc4ccccc4[nH]3)c2c1. The molecule has 27 heavy (non-hydrogen) atoms. The van der Waals surface area contributed by atoms with E-state index in [1.165, 1.54) is 0 Å². The van der Waals surface area contributed by atoms with Gasteiger partial charge in [0.2, 0.25) is 5.91 Å². The number of hydrogen-bond acceptors (Lipinski definition) is 3. The van der Waals surface area contributed by atoms with E-state index in [0.717, 1.165) is 27.2 Å². The van der Waals surface area contributed by atoms with Gasteiger partial charge in [0.25, 0.3) is 5.91 Å². The van der Waals surface area contributed by atoms with Gasteiger partial charge in [0.15, 0.2) is 0 Å². The highest BCUT2D eigenvalue weighted by molar-refractivity contribution is 6.04. The third-order valence-electron chi connectivity index (χ3n) is 4.36. The maximum Gasteiger partial charge on any atom is 0.268 e. The maximum absolute atomic E-state index is 12.3. The first-order valence-electron chi connectivity index (χ1n) is 8.61. The Morgan fingerprint density at radius 2 is 1.89 bits per heavy atom. The standard InChI is InChI=1S/C21H18N4O2/c1-13-6-7-14-8-9-22-20(16(14)10-13)25-19(26)12-23-21(27)18-11-15-4-2-3-5-17(15)24-18/h2-11,24H,12H2,1H3,(H,23,27)(H,22,25,26). The molecule has 2 aromatic heterocycles. The molecule has 0 atom stereocenters. The van der Waals surface area contributed by atoms with Gasteiger partial charge in [-0.2, -0.15) is 0 Å². The Morgan fingerprint density at radius 1 is 1.04 bits per heavy atom. The second kappa shape index (κ2) is 6.92. The van der Waals surface area contributed by atoms with Crippen molar-refractivity contribution < 1.29 is 9.59 Å². The molecule has 4 aromatic rings. The predicted molar refractivity (Wildman–Crippen MR) is 106 cm³/mol. The van der Waals surface area contributed by atoms with Crippen LogP contribution in [0.1, 0.15) is 16.1 Å². The second-order valence-electron chi connectivity index (χ2n) is 6.39. The zero-order valence-corrected chi connectivity index (χ0v) is 14.7. The highest BCUT2D eigenvalue weighted by Crippen LogP contribution is 2.22. The van der Waals surface area contributed by atoms with E-state index in [1.54, 1.807) is 12.3 Å². The number of para-hydroxylation sites is 1. The Labute approximate surface area is 155 Å². The van der Waals surface area contributed by atoms with Gasteiger partial charge in [-0.3, -0.25) is 9.59 Å². The molecule has 0 unspecified atom stereocenters. The molecule has 0 bridgehead atoms. The summed E-state index contributed by atoms with van der Waals surface area (Å²) in [4.78, 5) is 31.9. The Hall–Kier alpha value is -3.67. The lowest BCUT2D eigenvalue weighted by Gasteiger charge is -2.09. The number of nitrogens with one attached hydrogen (secondary N) is 3. The van der Waals surface area contributed by atoms with Crippen LogP contribution in [0.3, 0.4) is 0 Å². The van der Waals surface area contributed by atoms with E-state index in [-0.39, 0.29) is 18.4 Å². The van der Waals surface area contributed by atoms with Crippen LogP contribution in [0.2, 0.25) is 0 Å². The molecule has 0 saturated carbocycles. The van der Waals surface area contributed by atoms with E-state index < -0.39 is 0 Å². The quantitative estimate of drug-likeness (QED) is 0.523. The first-order valence-corrected chi connectivity index (χ1v) is 8.61. The van der Waals surface area contributed by atoms with Crippen LogP contribution < -0.4 is 10.6 Å². The molecule has 6 nitrogen and oxygen atoms in total. The molecule has 0 aliphatic heterocycles. The van der Waals surface area contributed by atoms with Gasteiger partial charge in [-0.25, -0.2) is 4.98 Å². The number of amides is 2. The number of aromatic nitrogens is 2. The van der Waals surface area contributed by atoms with E-state index >= 15 is 0 Å². The largest absolute Gasteiger partial charge is 0.351 e. The van der Waals surface area contributed by atoms with Gasteiger partial charge in [0.1, 0.15) is 11.5 Å². The number of fused-ring (bicyclic) bond motifs is 2. The number of nitrogens with zero attached hydrogens (tertiary/aromatic N) is 1. The van der Waals surface area contributed by atoms with E-state index in [2.05, 4.69) is 20.6 Å². The topological polar surface area (TPSA) is 86.9 Å². The molecule has 0 aliphatic rings. The van der Waals surface area contributed by atoms with Crippen LogP contribution in [-0.4, -0.2) is 28.3 Å². The molecule has 0 saturated heterocycles. The Kier molecular flexibility index (Phi) is 4.30. The van der Waals surface area contributed by atoms with E-state index in [1.807, 2.05) is 55.5 Å². The van der Waals surface area contributed by atoms with Gasteiger partial charge in [-0.05, 0) is 36.6 Å². The molecular formula is C21H18N4O2. The molecule has 0 spiro atoms. The maximum atomic E-state index is 12.3. The number of carbonyl (C=O) groups excluding carboxylic acids is 2.